The number of anilines is 2. The van der Waals surface area contributed by atoms with Gasteiger partial charge in [-0.25, -0.2) is 4.98 Å². The van der Waals surface area contributed by atoms with Gasteiger partial charge in [0.2, 0.25) is 5.91 Å². The van der Waals surface area contributed by atoms with E-state index in [-0.39, 0.29) is 35.3 Å². The Kier molecular flexibility index (Phi) is 9.82. The zero-order chi connectivity index (χ0) is 24.3. The second-order valence-electron chi connectivity index (χ2n) is 7.32. The number of carbonyl (C=O) groups is 2. The lowest BCUT2D eigenvalue weighted by Crippen LogP contribution is -2.41. The van der Waals surface area contributed by atoms with Gasteiger partial charge in [0.15, 0.2) is 17.7 Å². The van der Waals surface area contributed by atoms with Gasteiger partial charge in [-0.05, 0) is 43.7 Å². The molecule has 1 aromatic heterocycles. The van der Waals surface area contributed by atoms with Crippen molar-refractivity contribution in [1.29, 1.82) is 0 Å². The van der Waals surface area contributed by atoms with Crippen molar-refractivity contribution < 1.29 is 24.5 Å². The fourth-order valence-corrected chi connectivity index (χ4v) is 2.57. The van der Waals surface area contributed by atoms with E-state index in [0.717, 1.165) is 12.8 Å². The highest BCUT2D eigenvalue weighted by Gasteiger charge is 2.26. The van der Waals surface area contributed by atoms with Crippen LogP contribution in [-0.4, -0.2) is 58.8 Å². The maximum atomic E-state index is 12.2. The highest BCUT2D eigenvalue weighted by molar-refractivity contribution is 5.94. The Hall–Kier alpha value is -3.45. The van der Waals surface area contributed by atoms with Gasteiger partial charge >= 0.3 is 0 Å². The number of carbonyl (C=O) groups excluding carboxylic acids is 2. The minimum atomic E-state index is -2.02. The second-order valence-corrected chi connectivity index (χ2v) is 7.32. The highest BCUT2D eigenvalue weighted by atomic mass is 16.5. The fraction of sp³-hybridized carbons (Fsp3) is 0.381. The molecule has 1 aromatic carbocycles. The number of pyridine rings is 1. The molecule has 12 nitrogen and oxygen atoms in total. The minimum Gasteiger partial charge on any atom is -0.488 e. The molecule has 0 aliphatic rings. The van der Waals surface area contributed by atoms with E-state index in [1.165, 1.54) is 12.1 Å². The molecule has 178 valence electrons. The van der Waals surface area contributed by atoms with Crippen LogP contribution in [-0.2, 0) is 9.59 Å². The van der Waals surface area contributed by atoms with Crippen LogP contribution in [0.1, 0.15) is 19.3 Å². The normalized spacial score (nSPS) is 13.9. The third-order valence-corrected chi connectivity index (χ3v) is 4.56. The van der Waals surface area contributed by atoms with E-state index in [1.807, 2.05) is 0 Å². The number of aldehydes is 1. The van der Waals surface area contributed by atoms with Crippen LogP contribution in [0.3, 0.4) is 0 Å². The summed E-state index contributed by atoms with van der Waals surface area (Å²) in [5.74, 6) is 0.112. The Morgan fingerprint density at radius 1 is 1.21 bits per heavy atom. The van der Waals surface area contributed by atoms with Crippen LogP contribution in [0.25, 0.3) is 0 Å². The van der Waals surface area contributed by atoms with Gasteiger partial charge in [-0.15, -0.1) is 10.2 Å². The van der Waals surface area contributed by atoms with Crippen LogP contribution in [0.15, 0.2) is 46.6 Å². The number of nitrogens with one attached hydrogen (secondary N) is 1. The van der Waals surface area contributed by atoms with E-state index in [1.54, 1.807) is 24.3 Å². The lowest BCUT2D eigenvalue weighted by Gasteiger charge is -2.19. The molecule has 0 bridgehead atoms. The summed E-state index contributed by atoms with van der Waals surface area (Å²) >= 11 is 0. The Morgan fingerprint density at radius 2 is 1.94 bits per heavy atom. The van der Waals surface area contributed by atoms with Crippen LogP contribution in [0.2, 0.25) is 0 Å². The summed E-state index contributed by atoms with van der Waals surface area (Å²) < 4.78 is 5.41. The molecule has 0 aliphatic carbocycles. The average molecular weight is 460 g/mol. The first-order valence-electron chi connectivity index (χ1n) is 10.3. The molecule has 0 saturated carbocycles. The number of nitrogens with zero attached hydrogens (tertiary/aromatic N) is 3. The molecular formula is C21H29N7O5. The molecule has 1 heterocycles. The average Bonchev–Trinajstić information content (AvgIpc) is 2.82. The number of aromatic nitrogens is 1. The quantitative estimate of drug-likeness (QED) is 0.142. The van der Waals surface area contributed by atoms with Crippen LogP contribution >= 0.6 is 0 Å². The van der Waals surface area contributed by atoms with E-state index in [2.05, 4.69) is 20.5 Å². The number of hydrogen-bond donors (Lipinski definition) is 6. The van der Waals surface area contributed by atoms with Crippen LogP contribution < -0.4 is 27.3 Å². The van der Waals surface area contributed by atoms with E-state index < -0.39 is 24.9 Å². The standard InChI is InChI=1S/C21H29N7O5/c22-10-4-3-5-14(23)20(31)26-18-9-8-16(19(24)25-18)28-27-15-6-1-2-7-17(15)33-13-21(32,11-29)12-30/h1-2,6-9,11,14,30,32H,3-5,10,12-13,22-23H2,(H3,24,25,26,31)/t14-,21?/m0/s1. The first-order chi connectivity index (χ1) is 15.8. The SMILES string of the molecule is NCCCC[C@H](N)C(=O)Nc1ccc(N=Nc2ccccc2OCC(O)(C=O)CO)c(N)n1. The summed E-state index contributed by atoms with van der Waals surface area (Å²) in [6.07, 6.45) is 2.25. The van der Waals surface area contributed by atoms with Gasteiger partial charge in [-0.3, -0.25) is 9.59 Å². The van der Waals surface area contributed by atoms with Crippen molar-refractivity contribution >= 4 is 35.2 Å². The fourth-order valence-electron chi connectivity index (χ4n) is 2.57. The monoisotopic (exact) mass is 459 g/mol. The van der Waals surface area contributed by atoms with Gasteiger partial charge in [0.1, 0.15) is 29.5 Å². The topological polar surface area (TPSA) is 212 Å². The number of hydrogen-bond acceptors (Lipinski definition) is 11. The molecule has 0 saturated heterocycles. The Labute approximate surface area is 190 Å². The number of azo groups is 1. The maximum Gasteiger partial charge on any atom is 0.242 e. The van der Waals surface area contributed by atoms with Gasteiger partial charge in [0, 0.05) is 0 Å². The number of para-hydroxylation sites is 1. The van der Waals surface area contributed by atoms with Gasteiger partial charge in [-0.2, -0.15) is 0 Å². The lowest BCUT2D eigenvalue weighted by atomic mass is 10.1. The summed E-state index contributed by atoms with van der Waals surface area (Å²) in [6, 6.07) is 8.89. The molecule has 9 N–H and O–H groups in total. The third kappa shape index (κ3) is 7.88. The number of benzene rings is 1. The van der Waals surface area contributed by atoms with Crippen molar-refractivity contribution in [2.45, 2.75) is 30.9 Å². The van der Waals surface area contributed by atoms with Gasteiger partial charge < -0.3 is 37.5 Å². The first kappa shape index (κ1) is 25.8. The van der Waals surface area contributed by atoms with Crippen molar-refractivity contribution in [3.8, 4) is 5.75 Å². The predicted octanol–water partition coefficient (Wildman–Crippen LogP) is 0.775. The van der Waals surface area contributed by atoms with Crippen molar-refractivity contribution in [3.63, 3.8) is 0 Å². The maximum absolute atomic E-state index is 12.2. The van der Waals surface area contributed by atoms with Crippen LogP contribution in [0.5, 0.6) is 5.75 Å². The first-order valence-corrected chi connectivity index (χ1v) is 10.3. The second kappa shape index (κ2) is 12.6. The Bertz CT molecular complexity index is 972. The molecule has 2 atom stereocenters. The molecule has 2 aromatic rings. The molecule has 0 fully saturated rings. The molecular weight excluding hydrogens is 430 g/mol. The van der Waals surface area contributed by atoms with Crippen molar-refractivity contribution in [2.24, 2.45) is 21.7 Å². The largest absolute Gasteiger partial charge is 0.488 e. The number of aliphatic hydroxyl groups excluding tert-OH is 1. The molecule has 0 spiro atoms. The molecule has 12 heteroatoms. The zero-order valence-electron chi connectivity index (χ0n) is 18.1. The van der Waals surface area contributed by atoms with Gasteiger partial charge in [0.05, 0.1) is 12.6 Å². The third-order valence-electron chi connectivity index (χ3n) is 4.56. The number of nitrogens with two attached hydrogens (primary N) is 3. The van der Waals surface area contributed by atoms with E-state index >= 15 is 0 Å². The van der Waals surface area contributed by atoms with Gasteiger partial charge in [-0.1, -0.05) is 18.6 Å². The van der Waals surface area contributed by atoms with E-state index in [0.29, 0.717) is 18.7 Å². The molecule has 0 aliphatic heterocycles. The molecule has 2 rings (SSSR count). The molecule has 1 amide bonds. The van der Waals surface area contributed by atoms with Gasteiger partial charge in [0.25, 0.3) is 0 Å². The summed E-state index contributed by atoms with van der Waals surface area (Å²) in [5, 5.41) is 29.7. The number of ether oxygens (including phenoxy) is 1. The summed E-state index contributed by atoms with van der Waals surface area (Å²) in [6.45, 7) is -0.710. The van der Waals surface area contributed by atoms with E-state index in [4.69, 9.17) is 27.0 Å². The van der Waals surface area contributed by atoms with Crippen molar-refractivity contribution in [1.82, 2.24) is 4.98 Å². The van der Waals surface area contributed by atoms with E-state index in [9.17, 15) is 14.7 Å². The summed E-state index contributed by atoms with van der Waals surface area (Å²) in [5.41, 5.74) is 15.8. The Morgan fingerprint density at radius 3 is 2.61 bits per heavy atom. The lowest BCUT2D eigenvalue weighted by molar-refractivity contribution is -0.131. The minimum absolute atomic E-state index is 0.0299. The van der Waals surface area contributed by atoms with Crippen molar-refractivity contribution in [2.75, 3.05) is 30.8 Å². The number of aliphatic hydroxyl groups is 2. The summed E-state index contributed by atoms with van der Waals surface area (Å²) in [7, 11) is 0. The molecule has 1 unspecified atom stereocenters. The molecule has 33 heavy (non-hydrogen) atoms. The smallest absolute Gasteiger partial charge is 0.242 e. The highest BCUT2D eigenvalue weighted by Crippen LogP contribution is 2.31. The number of nitrogen functional groups attached to an aromatic ring is 1. The molecule has 0 radical (unpaired) electrons. The number of rotatable bonds is 13. The number of amides is 1. The predicted molar refractivity (Wildman–Crippen MR) is 122 cm³/mol. The van der Waals surface area contributed by atoms with Crippen LogP contribution in [0.4, 0.5) is 23.0 Å². The summed E-state index contributed by atoms with van der Waals surface area (Å²) in [4.78, 5) is 27.2. The number of unbranched alkanes of at least 4 members (excludes halogenated alkanes) is 1. The zero-order valence-corrected chi connectivity index (χ0v) is 18.1. The van der Waals surface area contributed by atoms with Crippen molar-refractivity contribution in [3.05, 3.63) is 36.4 Å². The van der Waals surface area contributed by atoms with Crippen LogP contribution in [0, 0.1) is 0 Å². The Balaban J connectivity index is 2.06.